The molecule has 0 aromatic heterocycles. The van der Waals surface area contributed by atoms with E-state index in [0.717, 1.165) is 17.8 Å². The second-order valence-electron chi connectivity index (χ2n) is 4.46. The lowest BCUT2D eigenvalue weighted by molar-refractivity contribution is 0.300. The van der Waals surface area contributed by atoms with Gasteiger partial charge in [-0.25, -0.2) is 0 Å². The summed E-state index contributed by atoms with van der Waals surface area (Å²) in [4.78, 5) is 0. The minimum absolute atomic E-state index is 0.798. The van der Waals surface area contributed by atoms with Crippen LogP contribution in [-0.2, 0) is 0 Å². The third-order valence-electron chi connectivity index (χ3n) is 3.37. The van der Waals surface area contributed by atoms with Gasteiger partial charge in [0.25, 0.3) is 0 Å². The highest BCUT2D eigenvalue weighted by Gasteiger charge is 2.26. The van der Waals surface area contributed by atoms with Crippen LogP contribution in [0.25, 0.3) is 0 Å². The van der Waals surface area contributed by atoms with Crippen molar-refractivity contribution in [2.45, 2.75) is 46.5 Å². The van der Waals surface area contributed by atoms with Crippen LogP contribution in [0.3, 0.4) is 0 Å². The first kappa shape index (κ1) is 9.83. The summed E-state index contributed by atoms with van der Waals surface area (Å²) in [5.41, 5.74) is 1.54. The van der Waals surface area contributed by atoms with Crippen LogP contribution >= 0.6 is 0 Å². The quantitative estimate of drug-likeness (QED) is 0.543. The lowest BCUT2D eigenvalue weighted by Gasteiger charge is -2.33. The summed E-state index contributed by atoms with van der Waals surface area (Å²) in [5, 5.41) is 0. The van der Waals surface area contributed by atoms with E-state index in [1.807, 2.05) is 0 Å². The van der Waals surface area contributed by atoms with Gasteiger partial charge in [-0.05, 0) is 37.0 Å². The normalized spacial score (nSPS) is 31.2. The van der Waals surface area contributed by atoms with Gasteiger partial charge in [0.05, 0.1) is 0 Å². The van der Waals surface area contributed by atoms with E-state index >= 15 is 0 Å². The molecule has 0 amide bonds. The number of hydrogen-bond donors (Lipinski definition) is 0. The van der Waals surface area contributed by atoms with Crippen molar-refractivity contribution in [2.75, 3.05) is 0 Å². The predicted octanol–water partition coefficient (Wildman–Crippen LogP) is 4.02. The highest BCUT2D eigenvalue weighted by atomic mass is 14.3. The van der Waals surface area contributed by atoms with E-state index < -0.39 is 0 Å². The Morgan fingerprint density at radius 1 is 1.42 bits per heavy atom. The molecule has 1 saturated carbocycles. The van der Waals surface area contributed by atoms with E-state index in [1.165, 1.54) is 25.7 Å². The summed E-state index contributed by atoms with van der Waals surface area (Å²) >= 11 is 0. The molecule has 70 valence electrons. The highest BCUT2D eigenvalue weighted by Crippen LogP contribution is 2.38. The molecule has 2 unspecified atom stereocenters. The minimum atomic E-state index is 0.798. The average Bonchev–Trinajstić information content (AvgIpc) is 2.04. The van der Waals surface area contributed by atoms with Crippen molar-refractivity contribution in [1.82, 2.24) is 0 Å². The fourth-order valence-corrected chi connectivity index (χ4v) is 2.49. The summed E-state index contributed by atoms with van der Waals surface area (Å²) in [7, 11) is 0. The first-order valence-corrected chi connectivity index (χ1v) is 5.35. The van der Waals surface area contributed by atoms with Crippen molar-refractivity contribution in [3.63, 3.8) is 0 Å². The molecule has 0 radical (unpaired) electrons. The van der Waals surface area contributed by atoms with Crippen LogP contribution in [0.5, 0.6) is 0 Å². The third kappa shape index (κ3) is 1.91. The molecule has 0 spiro atoms. The van der Waals surface area contributed by atoms with Crippen LogP contribution in [0, 0.1) is 17.8 Å². The van der Waals surface area contributed by atoms with Gasteiger partial charge in [-0.3, -0.25) is 0 Å². The molecule has 0 nitrogen and oxygen atoms in total. The summed E-state index contributed by atoms with van der Waals surface area (Å²) in [6, 6.07) is 0. The van der Waals surface area contributed by atoms with Gasteiger partial charge in [-0.15, -0.1) is 0 Å². The van der Waals surface area contributed by atoms with E-state index in [9.17, 15) is 0 Å². The number of allylic oxidation sites excluding steroid dienone is 1. The van der Waals surface area contributed by atoms with Crippen LogP contribution in [0.4, 0.5) is 0 Å². The Labute approximate surface area is 77.1 Å². The van der Waals surface area contributed by atoms with Gasteiger partial charge >= 0.3 is 0 Å². The van der Waals surface area contributed by atoms with E-state index in [4.69, 9.17) is 0 Å². The fourth-order valence-electron chi connectivity index (χ4n) is 2.49. The maximum Gasteiger partial charge on any atom is -0.0180 e. The molecule has 1 aliphatic carbocycles. The van der Waals surface area contributed by atoms with Gasteiger partial charge < -0.3 is 0 Å². The molecular weight excluding hydrogens is 144 g/mol. The minimum Gasteiger partial charge on any atom is -0.0993 e. The standard InChI is InChI=1S/C12H22/c1-5-11-7-6-8-12(9(2)3)10(11)4/h9,11-12H,4-8H2,1-3H3. The zero-order valence-electron chi connectivity index (χ0n) is 8.77. The Morgan fingerprint density at radius 3 is 2.58 bits per heavy atom. The van der Waals surface area contributed by atoms with Crippen molar-refractivity contribution >= 4 is 0 Å². The molecule has 0 aliphatic heterocycles. The molecule has 12 heavy (non-hydrogen) atoms. The Bertz CT molecular complexity index is 155. The van der Waals surface area contributed by atoms with Gasteiger partial charge in [-0.2, -0.15) is 0 Å². The lowest BCUT2D eigenvalue weighted by atomic mass is 9.72. The molecule has 0 aromatic carbocycles. The lowest BCUT2D eigenvalue weighted by Crippen LogP contribution is -2.22. The van der Waals surface area contributed by atoms with Crippen molar-refractivity contribution in [3.8, 4) is 0 Å². The molecule has 0 aromatic rings. The van der Waals surface area contributed by atoms with Crippen molar-refractivity contribution in [1.29, 1.82) is 0 Å². The second kappa shape index (κ2) is 4.11. The predicted molar refractivity (Wildman–Crippen MR) is 55.1 cm³/mol. The summed E-state index contributed by atoms with van der Waals surface area (Å²) in [6.45, 7) is 11.2. The molecule has 0 heteroatoms. The Hall–Kier alpha value is -0.260. The Balaban J connectivity index is 2.59. The Kier molecular flexibility index (Phi) is 3.37. The largest absolute Gasteiger partial charge is 0.0993 e. The molecule has 1 aliphatic rings. The topological polar surface area (TPSA) is 0 Å². The molecule has 0 saturated heterocycles. The zero-order chi connectivity index (χ0) is 9.14. The third-order valence-corrected chi connectivity index (χ3v) is 3.37. The van der Waals surface area contributed by atoms with Gasteiger partial charge in [0.15, 0.2) is 0 Å². The van der Waals surface area contributed by atoms with Crippen LogP contribution in [0.1, 0.15) is 46.5 Å². The summed E-state index contributed by atoms with van der Waals surface area (Å²) < 4.78 is 0. The zero-order valence-corrected chi connectivity index (χ0v) is 8.77. The number of hydrogen-bond acceptors (Lipinski definition) is 0. The number of rotatable bonds is 2. The molecular formula is C12H22. The molecule has 1 fully saturated rings. The second-order valence-corrected chi connectivity index (χ2v) is 4.46. The van der Waals surface area contributed by atoms with Crippen LogP contribution in [-0.4, -0.2) is 0 Å². The van der Waals surface area contributed by atoms with E-state index in [0.29, 0.717) is 0 Å². The maximum atomic E-state index is 4.27. The summed E-state index contributed by atoms with van der Waals surface area (Å²) in [5.74, 6) is 2.43. The fraction of sp³-hybridized carbons (Fsp3) is 0.833. The smallest absolute Gasteiger partial charge is 0.0180 e. The highest BCUT2D eigenvalue weighted by molar-refractivity contribution is 5.09. The first-order valence-electron chi connectivity index (χ1n) is 5.35. The molecule has 0 bridgehead atoms. The maximum absolute atomic E-state index is 4.27. The van der Waals surface area contributed by atoms with E-state index in [1.54, 1.807) is 5.57 Å². The molecule has 1 rings (SSSR count). The first-order chi connectivity index (χ1) is 5.66. The monoisotopic (exact) mass is 166 g/mol. The molecule has 0 heterocycles. The van der Waals surface area contributed by atoms with Gasteiger partial charge in [0.2, 0.25) is 0 Å². The average molecular weight is 166 g/mol. The summed E-state index contributed by atoms with van der Waals surface area (Å²) in [6.07, 6.45) is 5.48. The van der Waals surface area contributed by atoms with Crippen molar-refractivity contribution < 1.29 is 0 Å². The van der Waals surface area contributed by atoms with Gasteiger partial charge in [-0.1, -0.05) is 39.3 Å². The molecule has 0 N–H and O–H groups in total. The Morgan fingerprint density at radius 2 is 2.08 bits per heavy atom. The molecule has 2 atom stereocenters. The van der Waals surface area contributed by atoms with Crippen molar-refractivity contribution in [2.24, 2.45) is 17.8 Å². The van der Waals surface area contributed by atoms with E-state index in [-0.39, 0.29) is 0 Å². The van der Waals surface area contributed by atoms with Crippen molar-refractivity contribution in [3.05, 3.63) is 12.2 Å². The van der Waals surface area contributed by atoms with Crippen LogP contribution in [0.15, 0.2) is 12.2 Å². The van der Waals surface area contributed by atoms with E-state index in [2.05, 4.69) is 27.4 Å². The van der Waals surface area contributed by atoms with Gasteiger partial charge in [0, 0.05) is 0 Å². The van der Waals surface area contributed by atoms with Gasteiger partial charge in [0.1, 0.15) is 0 Å². The SMILES string of the molecule is C=C1C(CC)CCCC1C(C)C. The van der Waals surface area contributed by atoms with Crippen LogP contribution < -0.4 is 0 Å². The van der Waals surface area contributed by atoms with Crippen LogP contribution in [0.2, 0.25) is 0 Å².